The Balaban J connectivity index is 1.59. The molecule has 1 atom stereocenters. The number of benzene rings is 2. The third kappa shape index (κ3) is 4.53. The van der Waals surface area contributed by atoms with Crippen molar-refractivity contribution in [2.24, 2.45) is 0 Å². The number of para-hydroxylation sites is 1. The summed E-state index contributed by atoms with van der Waals surface area (Å²) in [6, 6.07) is 15.5. The third-order valence-corrected chi connectivity index (χ3v) is 4.46. The molecule has 0 saturated carbocycles. The quantitative estimate of drug-likeness (QED) is 0.674. The molecule has 0 radical (unpaired) electrons. The van der Waals surface area contributed by atoms with E-state index >= 15 is 0 Å². The van der Waals surface area contributed by atoms with Crippen LogP contribution in [0, 0.1) is 0 Å². The molecule has 3 rings (SSSR count). The Kier molecular flexibility index (Phi) is 5.94. The Morgan fingerprint density at radius 3 is 2.68 bits per heavy atom. The van der Waals surface area contributed by atoms with Gasteiger partial charge in [-0.05, 0) is 36.2 Å². The van der Waals surface area contributed by atoms with Crippen molar-refractivity contribution in [3.8, 4) is 5.75 Å². The van der Waals surface area contributed by atoms with Gasteiger partial charge in [0.1, 0.15) is 11.9 Å². The predicted octanol–water partition coefficient (Wildman–Crippen LogP) is 4.89. The lowest BCUT2D eigenvalue weighted by atomic mass is 10.1. The van der Waals surface area contributed by atoms with Crippen molar-refractivity contribution in [1.82, 2.24) is 5.32 Å². The predicted molar refractivity (Wildman–Crippen MR) is 101 cm³/mol. The van der Waals surface area contributed by atoms with Crippen LogP contribution in [-0.4, -0.2) is 12.5 Å². The molecule has 2 aromatic carbocycles. The summed E-state index contributed by atoms with van der Waals surface area (Å²) < 4.78 is 5.87. The number of unbranched alkanes of at least 4 members (excludes halogenated alkanes) is 4. The summed E-state index contributed by atoms with van der Waals surface area (Å²) in [5.41, 5.74) is 2.53. The minimum absolute atomic E-state index is 0.0541. The lowest BCUT2D eigenvalue weighted by Gasteiger charge is -2.28. The number of rotatable bonds is 8. The van der Waals surface area contributed by atoms with Crippen molar-refractivity contribution in [1.29, 1.82) is 0 Å². The first-order chi connectivity index (χ1) is 12.3. The van der Waals surface area contributed by atoms with Gasteiger partial charge in [-0.1, -0.05) is 56.9 Å². The molecular formula is C21H26N2O2. The first kappa shape index (κ1) is 17.3. The van der Waals surface area contributed by atoms with Gasteiger partial charge in [0.25, 0.3) is 5.91 Å². The fraction of sp³-hybridized carbons (Fsp3) is 0.381. The van der Waals surface area contributed by atoms with Gasteiger partial charge in [0.15, 0.2) is 0 Å². The molecule has 0 aromatic heterocycles. The van der Waals surface area contributed by atoms with Crippen LogP contribution in [0.25, 0.3) is 0 Å². The SMILES string of the molecule is CCCCCCCOc1cccc(C2NC(=O)c3ccccc3N2)c1. The van der Waals surface area contributed by atoms with Gasteiger partial charge < -0.3 is 15.4 Å². The Labute approximate surface area is 149 Å². The smallest absolute Gasteiger partial charge is 0.255 e. The molecule has 1 unspecified atom stereocenters. The van der Waals surface area contributed by atoms with E-state index in [1.54, 1.807) is 0 Å². The van der Waals surface area contributed by atoms with Gasteiger partial charge in [0, 0.05) is 5.69 Å². The van der Waals surface area contributed by atoms with Gasteiger partial charge in [-0.15, -0.1) is 0 Å². The average Bonchev–Trinajstić information content (AvgIpc) is 2.65. The number of anilines is 1. The maximum absolute atomic E-state index is 12.3. The van der Waals surface area contributed by atoms with Crippen molar-refractivity contribution < 1.29 is 9.53 Å². The molecule has 4 nitrogen and oxygen atoms in total. The van der Waals surface area contributed by atoms with Gasteiger partial charge in [-0.25, -0.2) is 0 Å². The van der Waals surface area contributed by atoms with Crippen LogP contribution in [0.5, 0.6) is 5.75 Å². The lowest BCUT2D eigenvalue weighted by Crippen LogP contribution is -2.38. The van der Waals surface area contributed by atoms with Crippen LogP contribution in [0.15, 0.2) is 48.5 Å². The monoisotopic (exact) mass is 338 g/mol. The van der Waals surface area contributed by atoms with E-state index in [4.69, 9.17) is 4.74 Å². The Hall–Kier alpha value is -2.49. The molecule has 2 aromatic rings. The van der Waals surface area contributed by atoms with E-state index in [1.807, 2.05) is 48.5 Å². The molecule has 0 saturated heterocycles. The van der Waals surface area contributed by atoms with E-state index in [0.717, 1.165) is 30.0 Å². The van der Waals surface area contributed by atoms with Crippen LogP contribution in [0.4, 0.5) is 5.69 Å². The second-order valence-electron chi connectivity index (χ2n) is 6.43. The summed E-state index contributed by atoms with van der Waals surface area (Å²) >= 11 is 0. The largest absolute Gasteiger partial charge is 0.494 e. The van der Waals surface area contributed by atoms with E-state index in [1.165, 1.54) is 25.7 Å². The Bertz CT molecular complexity index is 715. The second kappa shape index (κ2) is 8.56. The highest BCUT2D eigenvalue weighted by Gasteiger charge is 2.24. The average molecular weight is 338 g/mol. The van der Waals surface area contributed by atoms with E-state index in [0.29, 0.717) is 5.56 Å². The molecule has 0 bridgehead atoms. The minimum atomic E-state index is -0.240. The second-order valence-corrected chi connectivity index (χ2v) is 6.43. The number of fused-ring (bicyclic) bond motifs is 1. The van der Waals surface area contributed by atoms with Crippen LogP contribution in [0.1, 0.15) is 61.1 Å². The standard InChI is InChI=1S/C21H26N2O2/c1-2-3-4-5-8-14-25-17-11-9-10-16(15-17)20-22-19-13-7-6-12-18(19)21(24)23-20/h6-7,9-13,15,20,22H,2-5,8,14H2,1H3,(H,23,24). The highest BCUT2D eigenvalue weighted by Crippen LogP contribution is 2.27. The van der Waals surface area contributed by atoms with Gasteiger partial charge >= 0.3 is 0 Å². The van der Waals surface area contributed by atoms with E-state index in [9.17, 15) is 4.79 Å². The molecular weight excluding hydrogens is 312 g/mol. The molecule has 0 aliphatic carbocycles. The maximum Gasteiger partial charge on any atom is 0.255 e. The first-order valence-electron chi connectivity index (χ1n) is 9.17. The number of carbonyl (C=O) groups is 1. The van der Waals surface area contributed by atoms with Crippen molar-refractivity contribution in [2.75, 3.05) is 11.9 Å². The fourth-order valence-electron chi connectivity index (χ4n) is 3.05. The van der Waals surface area contributed by atoms with Gasteiger partial charge in [-0.2, -0.15) is 0 Å². The van der Waals surface area contributed by atoms with Crippen molar-refractivity contribution in [3.05, 3.63) is 59.7 Å². The van der Waals surface area contributed by atoms with Crippen molar-refractivity contribution >= 4 is 11.6 Å². The van der Waals surface area contributed by atoms with Crippen LogP contribution >= 0.6 is 0 Å². The molecule has 1 amide bonds. The number of carbonyl (C=O) groups excluding carboxylic acids is 1. The van der Waals surface area contributed by atoms with Crippen LogP contribution < -0.4 is 15.4 Å². The topological polar surface area (TPSA) is 50.4 Å². The maximum atomic E-state index is 12.3. The van der Waals surface area contributed by atoms with E-state index < -0.39 is 0 Å². The number of nitrogens with one attached hydrogen (secondary N) is 2. The van der Waals surface area contributed by atoms with Crippen molar-refractivity contribution in [2.45, 2.75) is 45.2 Å². The Morgan fingerprint density at radius 2 is 1.80 bits per heavy atom. The number of hydrogen-bond acceptors (Lipinski definition) is 3. The summed E-state index contributed by atoms with van der Waals surface area (Å²) in [4.78, 5) is 12.3. The van der Waals surface area contributed by atoms with Crippen LogP contribution in [-0.2, 0) is 0 Å². The fourth-order valence-corrected chi connectivity index (χ4v) is 3.05. The summed E-state index contributed by atoms with van der Waals surface area (Å²) in [5, 5.41) is 6.37. The van der Waals surface area contributed by atoms with Crippen LogP contribution in [0.2, 0.25) is 0 Å². The molecule has 4 heteroatoms. The number of amides is 1. The summed E-state index contributed by atoms with van der Waals surface area (Å²) in [6.07, 6.45) is 5.88. The van der Waals surface area contributed by atoms with Crippen molar-refractivity contribution in [3.63, 3.8) is 0 Å². The van der Waals surface area contributed by atoms with Gasteiger partial charge in [0.05, 0.1) is 12.2 Å². The molecule has 2 N–H and O–H groups in total. The highest BCUT2D eigenvalue weighted by molar-refractivity contribution is 6.01. The third-order valence-electron chi connectivity index (χ3n) is 4.46. The van der Waals surface area contributed by atoms with Crippen LogP contribution in [0.3, 0.4) is 0 Å². The number of ether oxygens (including phenoxy) is 1. The molecule has 1 heterocycles. The lowest BCUT2D eigenvalue weighted by molar-refractivity contribution is 0.0935. The molecule has 1 aliphatic rings. The first-order valence-corrected chi connectivity index (χ1v) is 9.17. The normalized spacial score (nSPS) is 15.9. The summed E-state index contributed by atoms with van der Waals surface area (Å²) in [7, 11) is 0. The van der Waals surface area contributed by atoms with Gasteiger partial charge in [-0.3, -0.25) is 4.79 Å². The molecule has 1 aliphatic heterocycles. The minimum Gasteiger partial charge on any atom is -0.494 e. The molecule has 25 heavy (non-hydrogen) atoms. The highest BCUT2D eigenvalue weighted by atomic mass is 16.5. The van der Waals surface area contributed by atoms with E-state index in [-0.39, 0.29) is 12.1 Å². The molecule has 0 spiro atoms. The zero-order valence-corrected chi connectivity index (χ0v) is 14.8. The van der Waals surface area contributed by atoms with Gasteiger partial charge in [0.2, 0.25) is 0 Å². The summed E-state index contributed by atoms with van der Waals surface area (Å²) in [5.74, 6) is 0.796. The van der Waals surface area contributed by atoms with E-state index in [2.05, 4.69) is 17.6 Å². The summed E-state index contributed by atoms with van der Waals surface area (Å²) in [6.45, 7) is 2.96. The zero-order chi connectivity index (χ0) is 17.5. The Morgan fingerprint density at radius 1 is 0.960 bits per heavy atom. The molecule has 132 valence electrons. The number of hydrogen-bond donors (Lipinski definition) is 2. The molecule has 0 fully saturated rings. The zero-order valence-electron chi connectivity index (χ0n) is 14.8.